The molecule has 2 atom stereocenters. The first kappa shape index (κ1) is 25.2. The van der Waals surface area contributed by atoms with E-state index < -0.39 is 17.9 Å². The molecule has 0 spiro atoms. The number of carboxylic acid groups (broad SMARTS) is 1. The Bertz CT molecular complexity index is 1200. The van der Waals surface area contributed by atoms with Gasteiger partial charge in [0.25, 0.3) is 0 Å². The Kier molecular flexibility index (Phi) is 8.14. The minimum absolute atomic E-state index is 0.0235. The number of carbonyl (C=O) groups is 2. The topological polar surface area (TPSA) is 60.9 Å². The van der Waals surface area contributed by atoms with Crippen molar-refractivity contribution in [2.45, 2.75) is 30.8 Å². The second kappa shape index (κ2) is 11.7. The van der Waals surface area contributed by atoms with Crippen molar-refractivity contribution < 1.29 is 19.1 Å². The number of rotatable bonds is 6. The van der Waals surface area contributed by atoms with Gasteiger partial charge in [0.1, 0.15) is 11.9 Å². The molecule has 36 heavy (non-hydrogen) atoms. The van der Waals surface area contributed by atoms with Gasteiger partial charge in [-0.25, -0.2) is 9.18 Å². The molecular formula is C30H29FN2O3. The van der Waals surface area contributed by atoms with Gasteiger partial charge in [-0.1, -0.05) is 72.5 Å². The molecule has 3 aromatic rings. The van der Waals surface area contributed by atoms with Crippen LogP contribution in [0.3, 0.4) is 0 Å². The van der Waals surface area contributed by atoms with Gasteiger partial charge in [0, 0.05) is 18.2 Å². The average Bonchev–Trinajstić information content (AvgIpc) is 2.90. The van der Waals surface area contributed by atoms with Gasteiger partial charge in [-0.2, -0.15) is 0 Å². The number of benzene rings is 3. The van der Waals surface area contributed by atoms with Crippen LogP contribution in [0.25, 0.3) is 0 Å². The van der Waals surface area contributed by atoms with Gasteiger partial charge in [-0.15, -0.1) is 0 Å². The van der Waals surface area contributed by atoms with Crippen LogP contribution in [-0.2, 0) is 9.59 Å². The van der Waals surface area contributed by atoms with Crippen molar-refractivity contribution in [2.24, 2.45) is 0 Å². The van der Waals surface area contributed by atoms with E-state index in [1.165, 1.54) is 17.0 Å². The summed E-state index contributed by atoms with van der Waals surface area (Å²) in [6.07, 6.45) is 0.979. The summed E-state index contributed by atoms with van der Waals surface area (Å²) in [5, 5.41) is 10.1. The number of piperidine rings is 1. The Morgan fingerprint density at radius 2 is 1.58 bits per heavy atom. The lowest BCUT2D eigenvalue weighted by Gasteiger charge is -2.41. The number of carboxylic acids is 1. The van der Waals surface area contributed by atoms with Crippen LogP contribution in [0.4, 0.5) is 4.39 Å². The molecule has 1 aliphatic heterocycles. The van der Waals surface area contributed by atoms with Crippen molar-refractivity contribution in [2.75, 3.05) is 20.1 Å². The van der Waals surface area contributed by atoms with E-state index in [1.807, 2.05) is 72.6 Å². The predicted molar refractivity (Wildman–Crippen MR) is 137 cm³/mol. The zero-order valence-corrected chi connectivity index (χ0v) is 20.2. The maximum absolute atomic E-state index is 13.8. The van der Waals surface area contributed by atoms with Gasteiger partial charge >= 0.3 is 5.97 Å². The van der Waals surface area contributed by atoms with Gasteiger partial charge < -0.3 is 10.0 Å². The molecule has 0 saturated carbocycles. The van der Waals surface area contributed by atoms with Crippen LogP contribution >= 0.6 is 0 Å². The third kappa shape index (κ3) is 5.99. The smallest absolute Gasteiger partial charge is 0.326 e. The molecule has 1 fully saturated rings. The molecule has 6 heteroatoms. The normalized spacial score (nSPS) is 17.5. The first-order chi connectivity index (χ1) is 17.4. The highest BCUT2D eigenvalue weighted by Crippen LogP contribution is 2.31. The van der Waals surface area contributed by atoms with Gasteiger partial charge in [0.15, 0.2) is 0 Å². The van der Waals surface area contributed by atoms with Crippen LogP contribution < -0.4 is 0 Å². The molecule has 0 radical (unpaired) electrons. The fourth-order valence-corrected chi connectivity index (χ4v) is 4.71. The first-order valence-electron chi connectivity index (χ1n) is 12.0. The molecule has 0 bridgehead atoms. The Morgan fingerprint density at radius 1 is 1.00 bits per heavy atom. The lowest BCUT2D eigenvalue weighted by molar-refractivity contribution is -0.153. The molecule has 4 rings (SSSR count). The maximum Gasteiger partial charge on any atom is 0.326 e. The van der Waals surface area contributed by atoms with Gasteiger partial charge in [-0.3, -0.25) is 9.69 Å². The number of carbonyl (C=O) groups excluding carboxylic acids is 1. The molecule has 1 N–H and O–H groups in total. The minimum Gasteiger partial charge on any atom is -0.480 e. The van der Waals surface area contributed by atoms with Crippen LogP contribution in [0.1, 0.15) is 35.4 Å². The zero-order valence-electron chi connectivity index (χ0n) is 20.2. The van der Waals surface area contributed by atoms with E-state index in [2.05, 4.69) is 11.8 Å². The summed E-state index contributed by atoms with van der Waals surface area (Å²) in [6, 6.07) is 24.0. The Labute approximate surface area is 211 Å². The highest BCUT2D eigenvalue weighted by atomic mass is 19.1. The maximum atomic E-state index is 13.8. The summed E-state index contributed by atoms with van der Waals surface area (Å²) in [7, 11) is 1.91. The number of amides is 1. The van der Waals surface area contributed by atoms with E-state index >= 15 is 0 Å². The van der Waals surface area contributed by atoms with Gasteiger partial charge in [0.2, 0.25) is 5.91 Å². The SMILES string of the molecule is CN(CC#Cc1ccc(F)cc1)[C@@H]1CCN(C(=O)C(c2ccccc2)c2ccccc2)[C@H](C(=O)O)C1. The minimum atomic E-state index is -1.00. The van der Waals surface area contributed by atoms with Crippen LogP contribution in [-0.4, -0.2) is 59.0 Å². The lowest BCUT2D eigenvalue weighted by atomic mass is 9.87. The number of hydrogen-bond donors (Lipinski definition) is 1. The van der Waals surface area contributed by atoms with Crippen molar-refractivity contribution in [1.29, 1.82) is 0 Å². The van der Waals surface area contributed by atoms with Gasteiger partial charge in [-0.05, 0) is 55.3 Å². The van der Waals surface area contributed by atoms with E-state index in [4.69, 9.17) is 0 Å². The third-order valence-electron chi connectivity index (χ3n) is 6.68. The number of nitrogens with zero attached hydrogens (tertiary/aromatic N) is 2. The summed E-state index contributed by atoms with van der Waals surface area (Å²) >= 11 is 0. The lowest BCUT2D eigenvalue weighted by Crippen LogP contribution is -2.55. The van der Waals surface area contributed by atoms with E-state index in [-0.39, 0.29) is 17.8 Å². The second-order valence-corrected chi connectivity index (χ2v) is 9.04. The average molecular weight is 485 g/mol. The third-order valence-corrected chi connectivity index (χ3v) is 6.68. The molecule has 5 nitrogen and oxygen atoms in total. The highest BCUT2D eigenvalue weighted by Gasteiger charge is 2.40. The predicted octanol–water partition coefficient (Wildman–Crippen LogP) is 4.39. The van der Waals surface area contributed by atoms with Crippen molar-refractivity contribution in [3.63, 3.8) is 0 Å². The second-order valence-electron chi connectivity index (χ2n) is 9.04. The highest BCUT2D eigenvalue weighted by molar-refractivity contribution is 5.91. The Balaban J connectivity index is 1.49. The van der Waals surface area contributed by atoms with Crippen LogP contribution in [0, 0.1) is 17.7 Å². The van der Waals surface area contributed by atoms with Crippen LogP contribution in [0.5, 0.6) is 0 Å². The van der Waals surface area contributed by atoms with Crippen molar-refractivity contribution in [3.05, 3.63) is 107 Å². The van der Waals surface area contributed by atoms with E-state index in [0.717, 1.165) is 16.7 Å². The van der Waals surface area contributed by atoms with E-state index in [0.29, 0.717) is 25.9 Å². The Morgan fingerprint density at radius 3 is 2.14 bits per heavy atom. The summed E-state index contributed by atoms with van der Waals surface area (Å²) in [5.41, 5.74) is 2.41. The first-order valence-corrected chi connectivity index (χ1v) is 12.0. The quantitative estimate of drug-likeness (QED) is 0.528. The number of hydrogen-bond acceptors (Lipinski definition) is 3. The van der Waals surface area contributed by atoms with Crippen LogP contribution in [0.15, 0.2) is 84.9 Å². The molecule has 3 aromatic carbocycles. The molecule has 1 heterocycles. The van der Waals surface area contributed by atoms with Crippen molar-refractivity contribution >= 4 is 11.9 Å². The van der Waals surface area contributed by atoms with E-state index in [1.54, 1.807) is 12.1 Å². The molecule has 1 aliphatic rings. The summed E-state index contributed by atoms with van der Waals surface area (Å²) in [5.74, 6) is 4.03. The number of aliphatic carboxylic acids is 1. The van der Waals surface area contributed by atoms with Crippen molar-refractivity contribution in [3.8, 4) is 11.8 Å². The monoisotopic (exact) mass is 484 g/mol. The number of likely N-dealkylation sites (tertiary alicyclic amines) is 1. The standard InChI is InChI=1S/C30H29FN2O3/c1-32(19-8-9-22-14-16-25(31)17-15-22)26-18-20-33(27(21-26)30(35)36)29(34)28(23-10-4-2-5-11-23)24-12-6-3-7-13-24/h2-7,10-17,26-28H,18-21H2,1H3,(H,35,36)/t26-,27+/m1/s1. The molecule has 0 unspecified atom stereocenters. The Hall–Kier alpha value is -3.95. The van der Waals surface area contributed by atoms with Crippen LogP contribution in [0.2, 0.25) is 0 Å². The largest absolute Gasteiger partial charge is 0.480 e. The molecule has 0 aliphatic carbocycles. The summed E-state index contributed by atoms with van der Waals surface area (Å²) < 4.78 is 13.1. The van der Waals surface area contributed by atoms with Gasteiger partial charge in [0.05, 0.1) is 12.5 Å². The van der Waals surface area contributed by atoms with E-state index in [9.17, 15) is 19.1 Å². The fourth-order valence-electron chi connectivity index (χ4n) is 4.71. The summed E-state index contributed by atoms with van der Waals surface area (Å²) in [4.78, 5) is 29.7. The molecular weight excluding hydrogens is 455 g/mol. The molecule has 1 amide bonds. The molecule has 184 valence electrons. The summed E-state index contributed by atoms with van der Waals surface area (Å²) in [6.45, 7) is 0.797. The zero-order chi connectivity index (χ0) is 25.5. The van der Waals surface area contributed by atoms with Crippen molar-refractivity contribution in [1.82, 2.24) is 9.80 Å². The fraction of sp³-hybridized carbons (Fsp3) is 0.267. The number of halogens is 1. The molecule has 0 aromatic heterocycles. The molecule has 1 saturated heterocycles.